The van der Waals surface area contributed by atoms with Crippen molar-refractivity contribution in [2.24, 2.45) is 34.5 Å². The van der Waals surface area contributed by atoms with E-state index in [0.717, 1.165) is 56.9 Å². The van der Waals surface area contributed by atoms with Gasteiger partial charge >= 0.3 is 5.97 Å². The van der Waals surface area contributed by atoms with E-state index in [1.54, 1.807) is 6.08 Å². The molecule has 4 saturated carbocycles. The van der Waals surface area contributed by atoms with Crippen molar-refractivity contribution in [3.05, 3.63) is 11.6 Å². The lowest BCUT2D eigenvalue weighted by molar-refractivity contribution is -0.245. The van der Waals surface area contributed by atoms with Gasteiger partial charge in [0.25, 0.3) is 0 Å². The van der Waals surface area contributed by atoms with Crippen LogP contribution in [0.3, 0.4) is 0 Å². The van der Waals surface area contributed by atoms with E-state index in [4.69, 9.17) is 9.47 Å². The van der Waals surface area contributed by atoms with Gasteiger partial charge in [-0.3, -0.25) is 4.79 Å². The van der Waals surface area contributed by atoms with Crippen LogP contribution in [0.1, 0.15) is 91.4 Å². The predicted molar refractivity (Wildman–Crippen MR) is 131 cm³/mol. The number of carbonyl (C=O) groups excluding carboxylic acids is 2. The Bertz CT molecular complexity index is 882. The molecule has 0 amide bonds. The molecule has 6 heteroatoms. The van der Waals surface area contributed by atoms with Gasteiger partial charge in [0, 0.05) is 17.9 Å². The minimum atomic E-state index is -0.931. The Labute approximate surface area is 209 Å². The van der Waals surface area contributed by atoms with E-state index in [2.05, 4.69) is 20.8 Å². The Balaban J connectivity index is 1.31. The monoisotopic (exact) mass is 488 g/mol. The molecule has 1 heterocycles. The van der Waals surface area contributed by atoms with Crippen molar-refractivity contribution >= 4 is 11.8 Å². The molecular formula is C29H44O6. The topological polar surface area (TPSA) is 93.1 Å². The molecule has 6 nitrogen and oxygen atoms in total. The summed E-state index contributed by atoms with van der Waals surface area (Å²) in [5.74, 6) is 0.816. The van der Waals surface area contributed by atoms with Crippen molar-refractivity contribution in [1.29, 1.82) is 0 Å². The van der Waals surface area contributed by atoms with Crippen molar-refractivity contribution in [2.45, 2.75) is 109 Å². The molecule has 196 valence electrons. The van der Waals surface area contributed by atoms with Gasteiger partial charge in [-0.2, -0.15) is 0 Å². The Hall–Kier alpha value is -1.24. The fourth-order valence-corrected chi connectivity index (χ4v) is 9.16. The number of aliphatic hydroxyl groups is 2. The summed E-state index contributed by atoms with van der Waals surface area (Å²) in [4.78, 5) is 23.9. The molecule has 5 aliphatic rings. The largest absolute Gasteiger partial charge is 0.458 e. The Morgan fingerprint density at radius 1 is 1.14 bits per heavy atom. The molecule has 0 spiro atoms. The zero-order chi connectivity index (χ0) is 25.0. The van der Waals surface area contributed by atoms with E-state index < -0.39 is 17.1 Å². The normalized spacial score (nSPS) is 46.9. The summed E-state index contributed by atoms with van der Waals surface area (Å²) in [5, 5.41) is 24.0. The molecule has 0 aromatic heterocycles. The van der Waals surface area contributed by atoms with E-state index in [1.807, 2.05) is 0 Å². The van der Waals surface area contributed by atoms with Gasteiger partial charge in [0.1, 0.15) is 13.2 Å². The average molecular weight is 489 g/mol. The van der Waals surface area contributed by atoms with Crippen LogP contribution in [0.15, 0.2) is 11.6 Å². The number of fused-ring (bicyclic) bond motifs is 5. The van der Waals surface area contributed by atoms with Crippen LogP contribution >= 0.6 is 0 Å². The van der Waals surface area contributed by atoms with Gasteiger partial charge in [-0.15, -0.1) is 0 Å². The van der Waals surface area contributed by atoms with Crippen LogP contribution in [0.25, 0.3) is 0 Å². The molecular weight excluding hydrogens is 444 g/mol. The van der Waals surface area contributed by atoms with E-state index in [0.29, 0.717) is 25.2 Å². The summed E-state index contributed by atoms with van der Waals surface area (Å²) in [6.45, 7) is 7.07. The van der Waals surface area contributed by atoms with Crippen molar-refractivity contribution in [2.75, 3.05) is 13.2 Å². The molecule has 1 aliphatic heterocycles. The second-order valence-electron chi connectivity index (χ2n) is 12.7. The van der Waals surface area contributed by atoms with Crippen LogP contribution in [0.5, 0.6) is 0 Å². The van der Waals surface area contributed by atoms with Crippen LogP contribution in [-0.2, 0) is 19.1 Å². The van der Waals surface area contributed by atoms with Crippen molar-refractivity contribution in [3.63, 3.8) is 0 Å². The van der Waals surface area contributed by atoms with Crippen molar-refractivity contribution in [3.8, 4) is 0 Å². The molecule has 4 aliphatic carbocycles. The van der Waals surface area contributed by atoms with Gasteiger partial charge in [-0.25, -0.2) is 4.79 Å². The number of unbranched alkanes of at least 4 members (excludes halogenated alkanes) is 1. The van der Waals surface area contributed by atoms with E-state index in [9.17, 15) is 19.8 Å². The molecule has 0 radical (unpaired) electrons. The SMILES string of the molecule is CCCCC(=O)CO[C@H]1CC[C@@]2(C)C(CCC3C2C[C@@H](O)[C@]2(C)[C@@H](C4=CC(=O)OC4)CC[C@]32O)C1. The number of ketones is 1. The number of rotatable bonds is 7. The predicted octanol–water partition coefficient (Wildman–Crippen LogP) is 4.36. The first-order valence-corrected chi connectivity index (χ1v) is 14.0. The number of ether oxygens (including phenoxy) is 2. The van der Waals surface area contributed by atoms with Gasteiger partial charge in [0.15, 0.2) is 5.78 Å². The van der Waals surface area contributed by atoms with Gasteiger partial charge in [0.2, 0.25) is 0 Å². The summed E-state index contributed by atoms with van der Waals surface area (Å²) in [6.07, 6.45) is 10.8. The van der Waals surface area contributed by atoms with Gasteiger partial charge in [-0.05, 0) is 92.4 Å². The molecule has 0 aromatic carbocycles. The lowest BCUT2D eigenvalue weighted by Gasteiger charge is -2.65. The molecule has 0 bridgehead atoms. The van der Waals surface area contributed by atoms with Gasteiger partial charge in [0.05, 0.1) is 17.8 Å². The first kappa shape index (κ1) is 25.4. The Kier molecular flexibility index (Phi) is 6.72. The number of carbonyl (C=O) groups is 2. The minimum absolute atomic E-state index is 0.0187. The number of cyclic esters (lactones) is 1. The van der Waals surface area contributed by atoms with Crippen molar-refractivity contribution in [1.82, 2.24) is 0 Å². The quantitative estimate of drug-likeness (QED) is 0.517. The minimum Gasteiger partial charge on any atom is -0.458 e. The van der Waals surface area contributed by atoms with Crippen molar-refractivity contribution < 1.29 is 29.3 Å². The summed E-state index contributed by atoms with van der Waals surface area (Å²) in [7, 11) is 0. The average Bonchev–Trinajstić information content (AvgIpc) is 3.38. The second-order valence-corrected chi connectivity index (χ2v) is 12.7. The molecule has 9 atom stereocenters. The summed E-state index contributed by atoms with van der Waals surface area (Å²) >= 11 is 0. The molecule has 5 rings (SSSR count). The summed E-state index contributed by atoms with van der Waals surface area (Å²) < 4.78 is 11.3. The fraction of sp³-hybridized carbons (Fsp3) is 0.862. The summed E-state index contributed by atoms with van der Waals surface area (Å²) in [6, 6.07) is 0. The first-order chi connectivity index (χ1) is 16.6. The van der Waals surface area contributed by atoms with Crippen LogP contribution in [0, 0.1) is 34.5 Å². The van der Waals surface area contributed by atoms with Crippen LogP contribution in [0.4, 0.5) is 0 Å². The third-order valence-corrected chi connectivity index (χ3v) is 11.3. The Morgan fingerprint density at radius 2 is 1.94 bits per heavy atom. The van der Waals surface area contributed by atoms with Crippen LogP contribution in [0.2, 0.25) is 0 Å². The van der Waals surface area contributed by atoms with Gasteiger partial charge in [-0.1, -0.05) is 27.2 Å². The molecule has 2 N–H and O–H groups in total. The maximum absolute atomic E-state index is 12.3. The highest BCUT2D eigenvalue weighted by Gasteiger charge is 2.70. The lowest BCUT2D eigenvalue weighted by Crippen LogP contribution is -2.67. The van der Waals surface area contributed by atoms with Crippen LogP contribution in [-0.4, -0.2) is 53.0 Å². The number of hydrogen-bond donors (Lipinski definition) is 2. The molecule has 0 aromatic rings. The molecule has 35 heavy (non-hydrogen) atoms. The van der Waals surface area contributed by atoms with E-state index in [-0.39, 0.29) is 54.2 Å². The third kappa shape index (κ3) is 3.93. The molecule has 3 unspecified atom stereocenters. The number of esters is 1. The first-order valence-electron chi connectivity index (χ1n) is 14.0. The Morgan fingerprint density at radius 3 is 2.66 bits per heavy atom. The molecule has 4 fully saturated rings. The standard InChI is InChI=1S/C29H44O6/c1-4-5-6-20(30)17-34-21-9-11-27(2)19(14-21)7-8-23-24(27)15-25(31)28(3)22(10-12-29(23,28)33)18-13-26(32)35-16-18/h13,19,21-25,31,33H,4-12,14-17H2,1-3H3/t19?,21-,22+,23?,24?,25+,27-,28-,29-/m0/s1. The zero-order valence-corrected chi connectivity index (χ0v) is 21.8. The third-order valence-electron chi connectivity index (χ3n) is 11.3. The van der Waals surface area contributed by atoms with Gasteiger partial charge < -0.3 is 19.7 Å². The highest BCUT2D eigenvalue weighted by atomic mass is 16.5. The highest BCUT2D eigenvalue weighted by Crippen LogP contribution is 2.70. The molecule has 0 saturated heterocycles. The maximum atomic E-state index is 12.3. The summed E-state index contributed by atoms with van der Waals surface area (Å²) in [5.41, 5.74) is -0.580. The fourth-order valence-electron chi connectivity index (χ4n) is 9.16. The highest BCUT2D eigenvalue weighted by molar-refractivity contribution is 5.85. The number of Topliss-reactive ketones (excluding diaryl/α,β-unsaturated/α-hetero) is 1. The smallest absolute Gasteiger partial charge is 0.331 e. The van der Waals surface area contributed by atoms with Crippen LogP contribution < -0.4 is 0 Å². The zero-order valence-electron chi connectivity index (χ0n) is 21.8. The second kappa shape index (κ2) is 9.25. The number of aliphatic hydroxyl groups excluding tert-OH is 1. The van der Waals surface area contributed by atoms with E-state index >= 15 is 0 Å². The lowest BCUT2D eigenvalue weighted by atomic mass is 9.42. The van der Waals surface area contributed by atoms with E-state index in [1.165, 1.54) is 0 Å². The number of hydrogen-bond acceptors (Lipinski definition) is 6. The maximum Gasteiger partial charge on any atom is 0.331 e.